The van der Waals surface area contributed by atoms with Crippen LogP contribution in [-0.2, 0) is 4.79 Å². The maximum absolute atomic E-state index is 12.8. The summed E-state index contributed by atoms with van der Waals surface area (Å²) < 4.78 is 0.710. The van der Waals surface area contributed by atoms with E-state index in [4.69, 9.17) is 0 Å². The summed E-state index contributed by atoms with van der Waals surface area (Å²) in [5.41, 5.74) is 4.06. The van der Waals surface area contributed by atoms with Crippen molar-refractivity contribution in [3.63, 3.8) is 0 Å². The van der Waals surface area contributed by atoms with Crippen LogP contribution in [0.25, 0.3) is 10.9 Å². The van der Waals surface area contributed by atoms with E-state index in [1.807, 2.05) is 55.5 Å². The van der Waals surface area contributed by atoms with Crippen molar-refractivity contribution in [1.82, 2.24) is 15.2 Å². The fourth-order valence-electron chi connectivity index (χ4n) is 3.16. The summed E-state index contributed by atoms with van der Waals surface area (Å²) in [6, 6.07) is 15.2. The number of aromatic nitrogens is 3. The summed E-state index contributed by atoms with van der Waals surface area (Å²) in [4.78, 5) is 27.3. The number of para-hydroxylation sites is 1. The average molecular weight is 438 g/mol. The third-order valence-corrected chi connectivity index (χ3v) is 6.31. The number of H-pyrrole nitrogens is 1. The third kappa shape index (κ3) is 4.52. The fourth-order valence-corrected chi connectivity index (χ4v) is 4.80. The number of nitrogens with zero attached hydrogens (tertiary/aromatic N) is 2. The molecule has 0 bridgehead atoms. The smallest absolute Gasteiger partial charge is 0.221 e. The number of aryl methyl sites for hydroxylation is 1. The topological polar surface area (TPSA) is 99.8 Å². The standard InChI is InChI=1S/C21H19N5O2S2/c1-12-19(16-8-3-4-9-17(16)22-12)18(28)11-29-21-26-25-20(30-21)24-15-7-5-6-14(10-15)23-13(2)27/h3-10,22H,11H2,1-2H3,(H,23,27)(H,24,25). The number of carbonyl (C=O) groups is 2. The molecule has 152 valence electrons. The number of thioether (sulfide) groups is 1. The molecular weight excluding hydrogens is 418 g/mol. The molecule has 0 unspecified atom stereocenters. The van der Waals surface area contributed by atoms with Gasteiger partial charge in [-0.2, -0.15) is 0 Å². The van der Waals surface area contributed by atoms with Crippen molar-refractivity contribution in [2.75, 3.05) is 16.4 Å². The maximum Gasteiger partial charge on any atom is 0.221 e. The van der Waals surface area contributed by atoms with Crippen LogP contribution in [0.2, 0.25) is 0 Å². The van der Waals surface area contributed by atoms with Crippen molar-refractivity contribution in [1.29, 1.82) is 0 Å². The van der Waals surface area contributed by atoms with Gasteiger partial charge in [-0.1, -0.05) is 47.4 Å². The molecule has 0 radical (unpaired) electrons. The summed E-state index contributed by atoms with van der Waals surface area (Å²) in [5, 5.41) is 15.8. The summed E-state index contributed by atoms with van der Waals surface area (Å²) >= 11 is 2.75. The van der Waals surface area contributed by atoms with Gasteiger partial charge in [0.15, 0.2) is 10.1 Å². The average Bonchev–Trinajstić information content (AvgIpc) is 3.29. The molecule has 0 saturated carbocycles. The lowest BCUT2D eigenvalue weighted by molar-refractivity contribution is -0.114. The molecule has 2 aromatic heterocycles. The van der Waals surface area contributed by atoms with Gasteiger partial charge in [0.25, 0.3) is 0 Å². The Balaban J connectivity index is 1.41. The highest BCUT2D eigenvalue weighted by Gasteiger charge is 2.17. The molecule has 0 atom stereocenters. The molecule has 0 fully saturated rings. The number of hydrogen-bond acceptors (Lipinski definition) is 7. The fraction of sp³-hybridized carbons (Fsp3) is 0.143. The summed E-state index contributed by atoms with van der Waals surface area (Å²) in [6.07, 6.45) is 0. The Labute approximate surface area is 181 Å². The zero-order valence-electron chi connectivity index (χ0n) is 16.4. The Kier molecular flexibility index (Phi) is 5.82. The third-order valence-electron chi connectivity index (χ3n) is 4.34. The minimum absolute atomic E-state index is 0.0580. The summed E-state index contributed by atoms with van der Waals surface area (Å²) in [5.74, 6) is 0.217. The summed E-state index contributed by atoms with van der Waals surface area (Å²) in [6.45, 7) is 3.38. The van der Waals surface area contributed by atoms with Crippen LogP contribution in [0.15, 0.2) is 52.9 Å². The normalized spacial score (nSPS) is 10.9. The second-order valence-corrected chi connectivity index (χ2v) is 8.84. The highest BCUT2D eigenvalue weighted by molar-refractivity contribution is 8.01. The number of carbonyl (C=O) groups excluding carboxylic acids is 2. The molecule has 0 aliphatic carbocycles. The Hall–Kier alpha value is -3.17. The van der Waals surface area contributed by atoms with E-state index in [1.165, 1.54) is 30.0 Å². The second kappa shape index (κ2) is 8.68. The number of hydrogen-bond donors (Lipinski definition) is 3. The molecule has 2 heterocycles. The molecule has 0 aliphatic heterocycles. The molecule has 1 amide bonds. The number of fused-ring (bicyclic) bond motifs is 1. The van der Waals surface area contributed by atoms with Gasteiger partial charge in [-0.15, -0.1) is 10.2 Å². The van der Waals surface area contributed by atoms with Gasteiger partial charge >= 0.3 is 0 Å². The number of amides is 1. The predicted molar refractivity (Wildman–Crippen MR) is 122 cm³/mol. The number of anilines is 3. The van der Waals surface area contributed by atoms with E-state index in [0.717, 1.165) is 27.8 Å². The van der Waals surface area contributed by atoms with Gasteiger partial charge in [0.05, 0.1) is 5.75 Å². The molecule has 7 nitrogen and oxygen atoms in total. The van der Waals surface area contributed by atoms with Crippen LogP contribution in [0.5, 0.6) is 0 Å². The van der Waals surface area contributed by atoms with Gasteiger partial charge in [-0.25, -0.2) is 0 Å². The predicted octanol–water partition coefficient (Wildman–Crippen LogP) is 5.00. The van der Waals surface area contributed by atoms with Crippen molar-refractivity contribution in [3.8, 4) is 0 Å². The molecule has 0 spiro atoms. The minimum Gasteiger partial charge on any atom is -0.358 e. The van der Waals surface area contributed by atoms with Crippen molar-refractivity contribution >= 4 is 62.2 Å². The van der Waals surface area contributed by atoms with Gasteiger partial charge in [0, 0.05) is 40.5 Å². The van der Waals surface area contributed by atoms with E-state index in [0.29, 0.717) is 15.2 Å². The Bertz CT molecular complexity index is 1230. The van der Waals surface area contributed by atoms with E-state index in [1.54, 1.807) is 0 Å². The van der Waals surface area contributed by atoms with Crippen LogP contribution in [0, 0.1) is 6.92 Å². The zero-order valence-corrected chi connectivity index (χ0v) is 18.0. The minimum atomic E-state index is -0.128. The quantitative estimate of drug-likeness (QED) is 0.278. The Morgan fingerprint density at radius 1 is 1.10 bits per heavy atom. The maximum atomic E-state index is 12.8. The monoisotopic (exact) mass is 437 g/mol. The number of ketones is 1. The summed E-state index contributed by atoms with van der Waals surface area (Å²) in [7, 11) is 0. The largest absolute Gasteiger partial charge is 0.358 e. The van der Waals surface area contributed by atoms with Gasteiger partial charge in [0.2, 0.25) is 11.0 Å². The molecule has 30 heavy (non-hydrogen) atoms. The van der Waals surface area contributed by atoms with Crippen LogP contribution in [0.4, 0.5) is 16.5 Å². The van der Waals surface area contributed by atoms with Crippen molar-refractivity contribution < 1.29 is 9.59 Å². The van der Waals surface area contributed by atoms with Gasteiger partial charge in [-0.05, 0) is 31.2 Å². The van der Waals surface area contributed by atoms with E-state index in [-0.39, 0.29) is 17.4 Å². The number of Topliss-reactive ketones (excluding diaryl/α,β-unsaturated/α-hetero) is 1. The van der Waals surface area contributed by atoms with E-state index < -0.39 is 0 Å². The van der Waals surface area contributed by atoms with E-state index in [9.17, 15) is 9.59 Å². The van der Waals surface area contributed by atoms with Crippen molar-refractivity contribution in [2.24, 2.45) is 0 Å². The molecule has 3 N–H and O–H groups in total. The van der Waals surface area contributed by atoms with E-state index in [2.05, 4.69) is 25.8 Å². The Morgan fingerprint density at radius 2 is 1.90 bits per heavy atom. The van der Waals surface area contributed by atoms with Crippen LogP contribution in [-0.4, -0.2) is 32.6 Å². The zero-order chi connectivity index (χ0) is 21.1. The first kappa shape index (κ1) is 20.1. The highest BCUT2D eigenvalue weighted by atomic mass is 32.2. The number of benzene rings is 2. The molecule has 0 saturated heterocycles. The lowest BCUT2D eigenvalue weighted by Crippen LogP contribution is -2.05. The SMILES string of the molecule is CC(=O)Nc1cccc(Nc2nnc(SCC(=O)c3c(C)[nH]c4ccccc34)s2)c1. The molecule has 4 rings (SSSR count). The molecule has 4 aromatic rings. The lowest BCUT2D eigenvalue weighted by Gasteiger charge is -2.05. The van der Waals surface area contributed by atoms with Crippen LogP contribution in [0.3, 0.4) is 0 Å². The highest BCUT2D eigenvalue weighted by Crippen LogP contribution is 2.30. The molecular formula is C21H19N5O2S2. The van der Waals surface area contributed by atoms with Gasteiger partial charge < -0.3 is 15.6 Å². The van der Waals surface area contributed by atoms with Crippen molar-refractivity contribution in [2.45, 2.75) is 18.2 Å². The first-order valence-corrected chi connectivity index (χ1v) is 11.0. The van der Waals surface area contributed by atoms with Gasteiger partial charge in [0.1, 0.15) is 0 Å². The van der Waals surface area contributed by atoms with Crippen molar-refractivity contribution in [3.05, 3.63) is 59.8 Å². The van der Waals surface area contributed by atoms with Gasteiger partial charge in [-0.3, -0.25) is 9.59 Å². The first-order valence-electron chi connectivity index (χ1n) is 9.21. The molecule has 9 heteroatoms. The van der Waals surface area contributed by atoms with Crippen LogP contribution < -0.4 is 10.6 Å². The lowest BCUT2D eigenvalue weighted by atomic mass is 10.1. The van der Waals surface area contributed by atoms with E-state index >= 15 is 0 Å². The molecule has 2 aromatic carbocycles. The number of aromatic amines is 1. The van der Waals surface area contributed by atoms with Crippen LogP contribution >= 0.6 is 23.1 Å². The first-order chi connectivity index (χ1) is 14.5. The molecule has 0 aliphatic rings. The Morgan fingerprint density at radius 3 is 2.73 bits per heavy atom. The second-order valence-electron chi connectivity index (χ2n) is 6.64. The number of rotatable bonds is 7. The number of nitrogens with one attached hydrogen (secondary N) is 3. The van der Waals surface area contributed by atoms with Crippen LogP contribution in [0.1, 0.15) is 23.0 Å².